The van der Waals surface area contributed by atoms with Crippen molar-refractivity contribution in [1.82, 2.24) is 5.32 Å². The summed E-state index contributed by atoms with van der Waals surface area (Å²) in [5.41, 5.74) is 0. The molecule has 5 heteroatoms. The Labute approximate surface area is 79.9 Å². The molecule has 0 aliphatic carbocycles. The number of nitrogens with one attached hydrogen (secondary N) is 1. The fourth-order valence-corrected chi connectivity index (χ4v) is 1.03. The van der Waals surface area contributed by atoms with Gasteiger partial charge < -0.3 is 10.4 Å². The Hall–Kier alpha value is -0.710. The number of carbonyl (C=O) groups excluding carboxylic acids is 1. The molecular weight excluding hydrogens is 178 g/mol. The summed E-state index contributed by atoms with van der Waals surface area (Å²) in [5.74, 6) is -1.44. The zero-order valence-corrected chi connectivity index (χ0v) is 7.48. The van der Waals surface area contributed by atoms with Gasteiger partial charge in [-0.25, -0.2) is 4.79 Å². The molecule has 0 heterocycles. The van der Waals surface area contributed by atoms with Gasteiger partial charge in [-0.1, -0.05) is 0 Å². The Morgan fingerprint density at radius 2 is 2.42 bits per heavy atom. The van der Waals surface area contributed by atoms with E-state index in [2.05, 4.69) is 5.32 Å². The van der Waals surface area contributed by atoms with Gasteiger partial charge in [-0.2, -0.15) is 11.8 Å². The molecule has 0 aromatic carbocycles. The largest absolute Gasteiger partial charge is 0.480 e. The van der Waals surface area contributed by atoms with Gasteiger partial charge in [0.15, 0.2) is 0 Å². The van der Waals surface area contributed by atoms with Gasteiger partial charge in [0.05, 0.1) is 0 Å². The van der Waals surface area contributed by atoms with Crippen molar-refractivity contribution in [3.8, 4) is 0 Å². The van der Waals surface area contributed by atoms with Gasteiger partial charge in [0, 0.05) is 11.0 Å². The van der Waals surface area contributed by atoms with Gasteiger partial charge in [0.2, 0.25) is 5.91 Å². The molecule has 0 saturated carbocycles. The number of rotatable bonds is 5. The average molecular weight is 194 g/mol. The normalized spacial score (nSPS) is 16.9. The number of carboxylic acid groups (broad SMARTS) is 1. The number of thioether (sulfide) groups is 1. The SMILES string of the molecule is [2H]C([2H])([2H])SCC[C@H](NC(C)=O)C(=O)O. The minimum Gasteiger partial charge on any atom is -0.480 e. The van der Waals surface area contributed by atoms with E-state index >= 15 is 0 Å². The van der Waals surface area contributed by atoms with Gasteiger partial charge in [-0.05, 0) is 18.4 Å². The van der Waals surface area contributed by atoms with Crippen molar-refractivity contribution in [2.75, 3.05) is 11.9 Å². The molecule has 12 heavy (non-hydrogen) atoms. The number of hydrogen-bond donors (Lipinski definition) is 2. The fraction of sp³-hybridized carbons (Fsp3) is 0.714. The van der Waals surface area contributed by atoms with Crippen LogP contribution in [-0.4, -0.2) is 35.0 Å². The molecule has 0 aromatic heterocycles. The highest BCUT2D eigenvalue weighted by molar-refractivity contribution is 7.98. The molecule has 2 N–H and O–H groups in total. The molecule has 1 atom stereocenters. The fourth-order valence-electron chi connectivity index (χ4n) is 0.680. The van der Waals surface area contributed by atoms with E-state index in [1.165, 1.54) is 6.92 Å². The topological polar surface area (TPSA) is 66.4 Å². The second kappa shape index (κ2) is 5.88. The van der Waals surface area contributed by atoms with Crippen LogP contribution in [0.25, 0.3) is 0 Å². The minimum absolute atomic E-state index is 0.0952. The van der Waals surface area contributed by atoms with E-state index in [1.54, 1.807) is 0 Å². The Morgan fingerprint density at radius 1 is 1.75 bits per heavy atom. The first-order valence-corrected chi connectivity index (χ1v) is 4.35. The molecule has 0 radical (unpaired) electrons. The summed E-state index contributed by atoms with van der Waals surface area (Å²) in [4.78, 5) is 21.3. The maximum Gasteiger partial charge on any atom is 0.326 e. The van der Waals surface area contributed by atoms with Crippen LogP contribution >= 0.6 is 11.8 Å². The molecule has 0 rings (SSSR count). The Morgan fingerprint density at radius 3 is 2.83 bits per heavy atom. The van der Waals surface area contributed by atoms with Crippen LogP contribution in [0.15, 0.2) is 0 Å². The monoisotopic (exact) mass is 194 g/mol. The molecule has 0 unspecified atom stereocenters. The molecule has 4 nitrogen and oxygen atoms in total. The molecule has 0 bridgehead atoms. The second-order valence-electron chi connectivity index (χ2n) is 2.23. The van der Waals surface area contributed by atoms with Crippen LogP contribution in [0.4, 0.5) is 0 Å². The third-order valence-electron chi connectivity index (χ3n) is 1.18. The van der Waals surface area contributed by atoms with E-state index in [1.807, 2.05) is 0 Å². The summed E-state index contributed by atoms with van der Waals surface area (Å²) < 4.78 is 20.7. The van der Waals surface area contributed by atoms with Gasteiger partial charge in [0.1, 0.15) is 6.04 Å². The standard InChI is InChI=1S/C7H13NO3S/c1-5(9)8-6(7(10)11)3-4-12-2/h6H,3-4H2,1-2H3,(H,8,9)(H,10,11)/t6-/m0/s1/i2D3. The molecule has 1 amide bonds. The van der Waals surface area contributed by atoms with Crippen molar-refractivity contribution in [1.29, 1.82) is 0 Å². The lowest BCUT2D eigenvalue weighted by atomic mass is 10.2. The summed E-state index contributed by atoms with van der Waals surface area (Å²) in [6.07, 6.45) is -2.03. The highest BCUT2D eigenvalue weighted by atomic mass is 32.2. The maximum atomic E-state index is 10.6. The summed E-state index contributed by atoms with van der Waals surface area (Å²) >= 11 is 0.692. The summed E-state index contributed by atoms with van der Waals surface area (Å²) in [6, 6.07) is -1.02. The lowest BCUT2D eigenvalue weighted by Gasteiger charge is -2.11. The molecule has 0 spiro atoms. The summed E-state index contributed by atoms with van der Waals surface area (Å²) in [6.45, 7) is 1.22. The van der Waals surface area contributed by atoms with Crippen LogP contribution in [0.3, 0.4) is 0 Å². The van der Waals surface area contributed by atoms with Crippen molar-refractivity contribution < 1.29 is 18.8 Å². The minimum atomic E-state index is -2.13. The van der Waals surface area contributed by atoms with Crippen molar-refractivity contribution >= 4 is 23.6 Å². The highest BCUT2D eigenvalue weighted by Crippen LogP contribution is 2.00. The first kappa shape index (κ1) is 6.77. The Kier molecular flexibility index (Phi) is 3.32. The maximum absolute atomic E-state index is 10.6. The summed E-state index contributed by atoms with van der Waals surface area (Å²) in [5, 5.41) is 10.9. The lowest BCUT2D eigenvalue weighted by molar-refractivity contribution is -0.141. The predicted octanol–water partition coefficient (Wildman–Crippen LogP) is 0.329. The van der Waals surface area contributed by atoms with Crippen molar-refractivity contribution in [3.05, 3.63) is 0 Å². The van der Waals surface area contributed by atoms with Crippen molar-refractivity contribution in [2.45, 2.75) is 19.4 Å². The first-order valence-electron chi connectivity index (χ1n) is 4.86. The van der Waals surface area contributed by atoms with Crippen LogP contribution < -0.4 is 5.32 Å². The van der Waals surface area contributed by atoms with Gasteiger partial charge in [-0.3, -0.25) is 4.79 Å². The Balaban J connectivity index is 3.98. The van der Waals surface area contributed by atoms with Gasteiger partial charge >= 0.3 is 5.97 Å². The van der Waals surface area contributed by atoms with E-state index in [-0.39, 0.29) is 12.2 Å². The van der Waals surface area contributed by atoms with Crippen LogP contribution in [0, 0.1) is 0 Å². The average Bonchev–Trinajstić information content (AvgIpc) is 1.99. The molecule has 70 valence electrons. The molecule has 0 aliphatic rings. The van der Waals surface area contributed by atoms with Crippen LogP contribution in [0.1, 0.15) is 17.5 Å². The van der Waals surface area contributed by atoms with Crippen LogP contribution in [0.2, 0.25) is 0 Å². The number of hydrogen-bond acceptors (Lipinski definition) is 3. The van der Waals surface area contributed by atoms with E-state index in [0.29, 0.717) is 11.8 Å². The highest BCUT2D eigenvalue weighted by Gasteiger charge is 2.16. The van der Waals surface area contributed by atoms with Crippen molar-refractivity contribution in [2.24, 2.45) is 0 Å². The predicted molar refractivity (Wildman–Crippen MR) is 48.2 cm³/mol. The second-order valence-corrected chi connectivity index (χ2v) is 2.93. The zero-order valence-electron chi connectivity index (χ0n) is 9.66. The number of amides is 1. The molecule has 0 aliphatic heterocycles. The van der Waals surface area contributed by atoms with E-state index < -0.39 is 24.1 Å². The number of aliphatic carboxylic acids is 1. The van der Waals surface area contributed by atoms with Crippen molar-refractivity contribution in [3.63, 3.8) is 0 Å². The molecule has 0 aromatic rings. The van der Waals surface area contributed by atoms with Crippen LogP contribution in [0.5, 0.6) is 0 Å². The molecule has 0 saturated heterocycles. The Bertz CT molecular complexity index is 244. The molecular formula is C7H13NO3S. The van der Waals surface area contributed by atoms with Gasteiger partial charge in [-0.15, -0.1) is 0 Å². The number of carbonyl (C=O) groups is 2. The smallest absolute Gasteiger partial charge is 0.326 e. The summed E-state index contributed by atoms with van der Waals surface area (Å²) in [7, 11) is 0. The lowest BCUT2D eigenvalue weighted by Crippen LogP contribution is -2.39. The third kappa shape index (κ3) is 5.01. The number of carboxylic acids is 1. The first-order chi connectivity index (χ1) is 6.72. The van der Waals surface area contributed by atoms with E-state index in [9.17, 15) is 9.59 Å². The van der Waals surface area contributed by atoms with E-state index in [0.717, 1.165) is 0 Å². The quantitative estimate of drug-likeness (QED) is 0.662. The molecule has 0 fully saturated rings. The van der Waals surface area contributed by atoms with Crippen LogP contribution in [-0.2, 0) is 9.59 Å². The van der Waals surface area contributed by atoms with Gasteiger partial charge in [0.25, 0.3) is 0 Å². The zero-order chi connectivity index (χ0) is 12.1. The van der Waals surface area contributed by atoms with E-state index in [4.69, 9.17) is 9.22 Å². The third-order valence-corrected chi connectivity index (χ3v) is 1.62.